The molecule has 3 aromatic heterocycles. The second kappa shape index (κ2) is 6.53. The number of anilines is 1. The predicted octanol–water partition coefficient (Wildman–Crippen LogP) is 5.35. The summed E-state index contributed by atoms with van der Waals surface area (Å²) in [5.74, 6) is 2.18. The number of nitriles is 1. The number of thiazole rings is 1. The Bertz CT molecular complexity index is 1300. The van der Waals surface area contributed by atoms with Crippen LogP contribution >= 0.6 is 22.7 Å². The first-order valence-corrected chi connectivity index (χ1v) is 11.9. The molecular formula is C21H19BFN5S2. The Morgan fingerprint density at radius 2 is 2.17 bits per heavy atom. The molecule has 1 spiro atoms. The lowest BCUT2D eigenvalue weighted by atomic mass is 9.38. The number of aromatic nitrogens is 3. The Hall–Kier alpha value is -2.44. The molecule has 1 aromatic carbocycles. The van der Waals surface area contributed by atoms with E-state index < -0.39 is 0 Å². The van der Waals surface area contributed by atoms with Gasteiger partial charge in [0.2, 0.25) is 0 Å². The molecular weight excluding hydrogens is 416 g/mol. The summed E-state index contributed by atoms with van der Waals surface area (Å²) in [6.45, 7) is 1.24. The number of fused-ring (bicyclic) bond motifs is 2. The average molecular weight is 435 g/mol. The highest BCUT2D eigenvalue weighted by atomic mass is 32.1. The Morgan fingerprint density at radius 3 is 2.93 bits per heavy atom. The van der Waals surface area contributed by atoms with E-state index in [0.717, 1.165) is 51.1 Å². The molecule has 2 aliphatic heterocycles. The van der Waals surface area contributed by atoms with E-state index in [-0.39, 0.29) is 18.1 Å². The van der Waals surface area contributed by atoms with E-state index in [4.69, 9.17) is 4.98 Å². The molecule has 5 heterocycles. The molecule has 1 atom stereocenters. The van der Waals surface area contributed by atoms with Crippen LogP contribution in [0.25, 0.3) is 31.0 Å². The number of benzene rings is 1. The summed E-state index contributed by atoms with van der Waals surface area (Å²) in [6.07, 6.45) is 7.35. The first-order valence-electron chi connectivity index (χ1n) is 10.3. The van der Waals surface area contributed by atoms with E-state index in [2.05, 4.69) is 22.0 Å². The van der Waals surface area contributed by atoms with E-state index in [1.165, 1.54) is 23.9 Å². The van der Waals surface area contributed by atoms with Crippen molar-refractivity contribution in [1.82, 2.24) is 14.8 Å². The summed E-state index contributed by atoms with van der Waals surface area (Å²) in [4.78, 5) is 8.34. The summed E-state index contributed by atoms with van der Waals surface area (Å²) < 4.78 is 17.3. The van der Waals surface area contributed by atoms with E-state index >= 15 is 0 Å². The molecule has 0 saturated carbocycles. The van der Waals surface area contributed by atoms with Gasteiger partial charge in [-0.25, -0.2) is 14.6 Å². The molecule has 0 bridgehead atoms. The lowest BCUT2D eigenvalue weighted by molar-refractivity contribution is 0.270. The van der Waals surface area contributed by atoms with E-state index in [1.807, 2.05) is 12.3 Å². The molecule has 0 aliphatic carbocycles. The van der Waals surface area contributed by atoms with Crippen molar-refractivity contribution in [2.75, 3.05) is 11.4 Å². The second-order valence-corrected chi connectivity index (χ2v) is 10.6. The van der Waals surface area contributed by atoms with Gasteiger partial charge in [0.15, 0.2) is 5.82 Å². The van der Waals surface area contributed by atoms with E-state index in [1.54, 1.807) is 34.4 Å². The topological polar surface area (TPSA) is 57.7 Å². The van der Waals surface area contributed by atoms with Crippen molar-refractivity contribution >= 4 is 54.8 Å². The molecule has 2 saturated heterocycles. The van der Waals surface area contributed by atoms with Gasteiger partial charge in [-0.2, -0.15) is 5.10 Å². The van der Waals surface area contributed by atoms with E-state index in [0.29, 0.717) is 5.52 Å². The van der Waals surface area contributed by atoms with Crippen LogP contribution < -0.4 is 4.90 Å². The zero-order chi connectivity index (χ0) is 20.5. The lowest BCUT2D eigenvalue weighted by Crippen LogP contribution is -2.62. The highest BCUT2D eigenvalue weighted by Gasteiger charge is 2.49. The fraction of sp³-hybridized carbons (Fsp3) is 0.381. The number of nitrogens with zero attached hydrogens (tertiary/aromatic N) is 5. The Morgan fingerprint density at radius 1 is 1.27 bits per heavy atom. The van der Waals surface area contributed by atoms with Gasteiger partial charge >= 0.3 is 0 Å². The summed E-state index contributed by atoms with van der Waals surface area (Å²) in [5, 5.41) is 16.5. The highest BCUT2D eigenvalue weighted by molar-refractivity contribution is 7.30. The average Bonchev–Trinajstić information content (AvgIpc) is 3.39. The Labute approximate surface area is 181 Å². The van der Waals surface area contributed by atoms with Crippen LogP contribution in [0, 0.1) is 17.0 Å². The van der Waals surface area contributed by atoms with Crippen LogP contribution in [0.4, 0.5) is 9.39 Å². The first kappa shape index (κ1) is 18.3. The predicted molar refractivity (Wildman–Crippen MR) is 122 cm³/mol. The maximum Gasteiger partial charge on any atom is 0.270 e. The quantitative estimate of drug-likeness (QED) is 0.398. The molecule has 5 nitrogen and oxygen atoms in total. The van der Waals surface area contributed by atoms with Crippen LogP contribution in [0.15, 0.2) is 24.4 Å². The van der Waals surface area contributed by atoms with E-state index in [9.17, 15) is 9.65 Å². The van der Waals surface area contributed by atoms with Gasteiger partial charge in [-0.1, -0.05) is 24.1 Å². The molecule has 2 fully saturated rings. The van der Waals surface area contributed by atoms with Gasteiger partial charge < -0.3 is 4.90 Å². The largest absolute Gasteiger partial charge is 0.358 e. The van der Waals surface area contributed by atoms with Crippen molar-refractivity contribution in [2.24, 2.45) is 7.05 Å². The number of aryl methyl sites for hydroxylation is 1. The molecule has 1 unspecified atom stereocenters. The van der Waals surface area contributed by atoms with Gasteiger partial charge in [0.05, 0.1) is 9.70 Å². The fourth-order valence-electron chi connectivity index (χ4n) is 5.12. The van der Waals surface area contributed by atoms with Crippen LogP contribution in [0.1, 0.15) is 19.3 Å². The maximum absolute atomic E-state index is 14.5. The van der Waals surface area contributed by atoms with Crippen molar-refractivity contribution in [1.29, 1.82) is 5.26 Å². The SMILES string of the molecule is Cn1cc2cc(-c3nc4sc(N5CCC56CCCB(C#N)C6)cc4s3)cc(F)c2n1. The third-order valence-electron chi connectivity index (χ3n) is 6.64. The fourth-order valence-corrected chi connectivity index (χ4v) is 7.45. The minimum Gasteiger partial charge on any atom is -0.358 e. The summed E-state index contributed by atoms with van der Waals surface area (Å²) in [7, 11) is 1.80. The lowest BCUT2D eigenvalue weighted by Gasteiger charge is -2.56. The zero-order valence-electron chi connectivity index (χ0n) is 16.6. The number of rotatable bonds is 2. The Balaban J connectivity index is 1.33. The maximum atomic E-state index is 14.5. The van der Waals surface area contributed by atoms with Gasteiger partial charge in [0, 0.05) is 42.2 Å². The summed E-state index contributed by atoms with van der Waals surface area (Å²) in [5.41, 5.74) is 1.36. The third-order valence-corrected chi connectivity index (χ3v) is 8.88. The second-order valence-electron chi connectivity index (χ2n) is 8.52. The highest BCUT2D eigenvalue weighted by Crippen LogP contribution is 2.50. The van der Waals surface area contributed by atoms with Gasteiger partial charge in [-0.3, -0.25) is 4.68 Å². The van der Waals surface area contributed by atoms with Crippen LogP contribution in [0.3, 0.4) is 0 Å². The Kier molecular flexibility index (Phi) is 3.99. The number of thiophene rings is 1. The van der Waals surface area contributed by atoms with Crippen LogP contribution in [0.5, 0.6) is 0 Å². The van der Waals surface area contributed by atoms with Crippen LogP contribution in [-0.2, 0) is 7.05 Å². The van der Waals surface area contributed by atoms with Crippen LogP contribution in [-0.4, -0.2) is 33.6 Å². The first-order chi connectivity index (χ1) is 14.5. The monoisotopic (exact) mass is 435 g/mol. The molecule has 4 aromatic rings. The van der Waals surface area contributed by atoms with Crippen molar-refractivity contribution in [3.63, 3.8) is 0 Å². The number of halogens is 1. The summed E-state index contributed by atoms with van der Waals surface area (Å²) in [6, 6.07) is 5.73. The minimum atomic E-state index is -0.311. The zero-order valence-corrected chi connectivity index (χ0v) is 18.2. The van der Waals surface area contributed by atoms with Crippen molar-refractivity contribution in [3.05, 3.63) is 30.2 Å². The normalized spacial score (nSPS) is 21.5. The molecule has 0 radical (unpaired) electrons. The standard InChI is InChI=1S/C21H19BFN5S2/c1-27-10-14-7-13(8-15(23)18(14)26-27)19-25-20-16(29-19)9-17(30-20)28-6-4-21(28)3-2-5-22(11-21)12-24/h7-10H,2-6,11H2,1H3. The van der Waals surface area contributed by atoms with Crippen LogP contribution in [0.2, 0.25) is 12.6 Å². The molecule has 150 valence electrons. The molecule has 30 heavy (non-hydrogen) atoms. The van der Waals surface area contributed by atoms with Gasteiger partial charge in [-0.15, -0.1) is 11.3 Å². The van der Waals surface area contributed by atoms with Crippen molar-refractivity contribution in [3.8, 4) is 16.5 Å². The molecule has 9 heteroatoms. The molecule has 0 amide bonds. The molecule has 2 aliphatic rings. The number of hydrogen-bond donors (Lipinski definition) is 0. The smallest absolute Gasteiger partial charge is 0.270 e. The minimum absolute atomic E-state index is 0.170. The van der Waals surface area contributed by atoms with Crippen molar-refractivity contribution < 1.29 is 4.39 Å². The van der Waals surface area contributed by atoms with Gasteiger partial charge in [-0.05, 0) is 37.4 Å². The third kappa shape index (κ3) is 2.70. The molecule has 0 N–H and O–H groups in total. The van der Waals surface area contributed by atoms with Crippen molar-refractivity contribution in [2.45, 2.75) is 37.4 Å². The van der Waals surface area contributed by atoms with Gasteiger partial charge in [0.25, 0.3) is 6.71 Å². The number of hydrogen-bond acceptors (Lipinski definition) is 6. The summed E-state index contributed by atoms with van der Waals surface area (Å²) >= 11 is 3.33. The molecule has 6 rings (SSSR count). The van der Waals surface area contributed by atoms with Gasteiger partial charge in [0.1, 0.15) is 15.4 Å².